The number of non-ortho nitro benzene ring substituents is 1. The van der Waals surface area contributed by atoms with Crippen molar-refractivity contribution < 1.29 is 151 Å². The second-order valence-electron chi connectivity index (χ2n) is 28.2. The van der Waals surface area contributed by atoms with Crippen molar-refractivity contribution in [3.63, 3.8) is 0 Å². The van der Waals surface area contributed by atoms with Crippen LogP contribution in [0.25, 0.3) is 30.4 Å². The number of phenolic OH excluding ortho intramolecular Hbond substituents is 2. The van der Waals surface area contributed by atoms with Crippen molar-refractivity contribution in [3.05, 3.63) is 334 Å². The normalized spacial score (nSPS) is 14.2. The van der Waals surface area contributed by atoms with Gasteiger partial charge in [0.1, 0.15) is 22.1 Å². The summed E-state index contributed by atoms with van der Waals surface area (Å²) in [4.78, 5) is 120. The summed E-state index contributed by atoms with van der Waals surface area (Å²) < 4.78 is 157. The summed E-state index contributed by atoms with van der Waals surface area (Å²) in [5.74, 6) is -28.1. The van der Waals surface area contributed by atoms with Gasteiger partial charge in [-0.15, -0.1) is 0 Å². The van der Waals surface area contributed by atoms with E-state index in [1.807, 2.05) is 0 Å². The fourth-order valence-electron chi connectivity index (χ4n) is 12.8. The molecule has 7 N–H and O–H groups in total. The summed E-state index contributed by atoms with van der Waals surface area (Å²) in [5.41, 5.74) is 2.89. The zero-order valence-corrected chi connectivity index (χ0v) is 71.2. The predicted molar refractivity (Wildman–Crippen MR) is 460 cm³/mol. The number of carbonyl (C=O) groups excluding carboxylic acids is 9. The Balaban J connectivity index is 0.000000203. The van der Waals surface area contributed by atoms with Crippen LogP contribution in [0.3, 0.4) is 0 Å². The van der Waals surface area contributed by atoms with Gasteiger partial charge in [-0.05, 0) is 217 Å². The average molecular weight is 1880 g/mol. The second-order valence-corrected chi connectivity index (χ2v) is 29.1. The Morgan fingerprint density at radius 3 is 1.31 bits per heavy atom. The molecule has 10 aromatic carbocycles. The number of methoxy groups -OCH3 is 5. The topological polar surface area (TPSA) is 385 Å². The Morgan fingerprint density at radius 1 is 0.435 bits per heavy atom. The quantitative estimate of drug-likeness (QED) is 0.00276. The largest absolute Gasteiger partial charge is 0.508 e. The molecule has 24 nitrogen and oxygen atoms in total. The lowest BCUT2D eigenvalue weighted by atomic mass is 9.81. The molecule has 0 bridgehead atoms. The van der Waals surface area contributed by atoms with Crippen LogP contribution < -0.4 is 23.7 Å². The van der Waals surface area contributed by atoms with E-state index < -0.39 is 108 Å². The van der Waals surface area contributed by atoms with Gasteiger partial charge < -0.3 is 59.4 Å². The van der Waals surface area contributed by atoms with E-state index in [4.69, 9.17) is 28.8 Å². The number of Topliss-reactive ketones (excluding diaryl/α,β-unsaturated/α-hetero) is 6. The molecule has 0 radical (unpaired) electrons. The zero-order chi connectivity index (χ0) is 96.4. The van der Waals surface area contributed by atoms with Crippen LogP contribution in [0.2, 0.25) is 0 Å². The monoisotopic (exact) mass is 1880 g/mol. The molecule has 2 saturated carbocycles. The van der Waals surface area contributed by atoms with Gasteiger partial charge >= 0.3 is 0 Å². The summed E-state index contributed by atoms with van der Waals surface area (Å²) in [6.45, 7) is -0.750. The first-order chi connectivity index (χ1) is 62.4. The third kappa shape index (κ3) is 26.0. The highest BCUT2D eigenvalue weighted by Crippen LogP contribution is 2.36. The van der Waals surface area contributed by atoms with Crippen LogP contribution in [0, 0.1) is 80.1 Å². The van der Waals surface area contributed by atoms with Crippen molar-refractivity contribution in [1.29, 1.82) is 0 Å². The molecule has 2 fully saturated rings. The number of ketones is 9. The molecule has 2 aliphatic rings. The van der Waals surface area contributed by atoms with Gasteiger partial charge in [-0.2, -0.15) is 0 Å². The highest BCUT2D eigenvalue weighted by Gasteiger charge is 2.36. The number of hydrogen-bond donors (Lipinski definition) is 7. The van der Waals surface area contributed by atoms with E-state index in [1.54, 1.807) is 140 Å². The number of rotatable bonds is 28. The number of allylic oxidation sites excluding steroid dienone is 5. The first kappa shape index (κ1) is 102. The van der Waals surface area contributed by atoms with E-state index in [0.29, 0.717) is 121 Å². The van der Waals surface area contributed by atoms with Crippen LogP contribution in [-0.4, -0.2) is 133 Å². The van der Waals surface area contributed by atoms with Crippen LogP contribution in [0.5, 0.6) is 51.7 Å². The SMILES string of the molecule is COc1cc(/C=C/C(=O)C2CC/C(=C\c3ccc(O)c(CO)c3)C2=O)ccc1O.COc1cc(/C=C/C(=O)C2CCC/C(=C\c3ccc(O)c(CO)c3)C2=O)ccc1O.COc1ccc(C(=O)C(Br)C(=O)c2ccc([N+](=O)[O-])cc2)cc1.COc1ccc(C(=O)CC(=O)c2cccc(CO)c2)cc1OC.O=C(/C=C/c1c(F)c(F)c(F)c(F)c1F)c1c(F)c(F)c(F)c(F)c1F. The number of halogens is 11. The molecule has 131 heavy (non-hydrogen) atoms. The number of phenols is 4. The van der Waals surface area contributed by atoms with E-state index in [1.165, 1.54) is 96.2 Å². The highest BCUT2D eigenvalue weighted by molar-refractivity contribution is 9.10. The van der Waals surface area contributed by atoms with Crippen LogP contribution in [0.1, 0.15) is 135 Å². The number of benzene rings is 10. The molecule has 0 aliphatic heterocycles. The zero-order valence-electron chi connectivity index (χ0n) is 69.6. The maximum atomic E-state index is 13.4. The molecule has 0 saturated heterocycles. The standard InChI is InChI=1S/C24H24O6.C23H22O6.C18H18O5.C16H12BrNO5.C15H2F10O/c1-30-23-13-15(6-10-22(23)28)5-9-21(27)19-4-2-3-17(24(19)29)11-16-7-8-20(26)18(12-16)14-25;1-29-22-12-14(3-9-21(22)27)2-8-20(26)18-6-5-16(23(18)28)10-15-4-7-19(25)17(11-15)13-24;1-22-17-7-6-14(9-18(17)23-2)16(21)10-15(20)13-5-3-4-12(8-13)11-19;1-23-13-8-4-11(5-9-13)16(20)14(17)15(19)10-2-6-12(7-3-10)18(21)22;16-6-3(7(17)11(21)14(24)10(6)20)1-2-4(26)5-8(18)12(22)15(25)13(23)9(5)19/h5-13,19,25-26,28H,2-4,14H2,1H3;2-4,7-12,18,24-25,27H,5-6,13H2,1H3;3-9,19H,10-11H2,1-2H3;2-9,14H,1H3;1-2H/b9-5+,17-11+;8-2+,16-10+;;;2-1+. The number of alkyl halides is 1. The van der Waals surface area contributed by atoms with Gasteiger partial charge in [0.25, 0.3) is 5.69 Å². The van der Waals surface area contributed by atoms with E-state index in [0.717, 1.165) is 6.42 Å². The number of aliphatic hydroxyl groups is 3. The van der Waals surface area contributed by atoms with Crippen molar-refractivity contribution >= 4 is 104 Å². The van der Waals surface area contributed by atoms with Crippen molar-refractivity contribution in [3.8, 4) is 51.7 Å². The van der Waals surface area contributed by atoms with E-state index in [2.05, 4.69) is 15.9 Å². The lowest BCUT2D eigenvalue weighted by molar-refractivity contribution is -0.384. The fraction of sp³-hybridized carbons (Fsp3) is 0.177. The molecule has 10 aromatic rings. The van der Waals surface area contributed by atoms with Crippen LogP contribution in [0.4, 0.5) is 49.6 Å². The molecule has 2 aliphatic carbocycles. The Kier molecular flexibility index (Phi) is 36.7. The van der Waals surface area contributed by atoms with Crippen molar-refractivity contribution in [2.24, 2.45) is 11.8 Å². The van der Waals surface area contributed by atoms with Crippen LogP contribution in [0.15, 0.2) is 193 Å². The molecule has 12 rings (SSSR count). The molecular formula is C96H78BrF10NO23. The minimum absolute atomic E-state index is 0.00123. The molecule has 3 atom stereocenters. The Morgan fingerprint density at radius 2 is 0.855 bits per heavy atom. The number of aromatic hydroxyl groups is 4. The third-order valence-corrected chi connectivity index (χ3v) is 20.7. The first-order valence-corrected chi connectivity index (χ1v) is 39.7. The minimum Gasteiger partial charge on any atom is -0.508 e. The number of ether oxygens (including phenoxy) is 5. The number of nitro groups is 1. The van der Waals surface area contributed by atoms with E-state index in [-0.39, 0.29) is 107 Å². The molecule has 0 spiro atoms. The fourth-order valence-corrected chi connectivity index (χ4v) is 13.3. The van der Waals surface area contributed by atoms with Crippen molar-refractivity contribution in [2.75, 3.05) is 35.5 Å². The van der Waals surface area contributed by atoms with Crippen LogP contribution in [-0.2, 0) is 39.0 Å². The van der Waals surface area contributed by atoms with Crippen molar-refractivity contribution in [2.45, 2.75) is 63.2 Å². The van der Waals surface area contributed by atoms with Crippen LogP contribution >= 0.6 is 15.9 Å². The Labute approximate surface area is 747 Å². The summed E-state index contributed by atoms with van der Waals surface area (Å²) in [6, 6.07) is 41.9. The van der Waals surface area contributed by atoms with Gasteiger partial charge in [-0.25, -0.2) is 43.9 Å². The highest BCUT2D eigenvalue weighted by atomic mass is 79.9. The minimum atomic E-state index is -2.56. The number of nitrogens with zero attached hydrogens (tertiary/aromatic N) is 1. The van der Waals surface area contributed by atoms with Gasteiger partial charge in [0.15, 0.2) is 133 Å². The third-order valence-electron chi connectivity index (χ3n) is 19.9. The summed E-state index contributed by atoms with van der Waals surface area (Å²) in [7, 11) is 7.40. The maximum absolute atomic E-state index is 13.4. The molecule has 682 valence electrons. The van der Waals surface area contributed by atoms with Gasteiger partial charge in [-0.3, -0.25) is 53.3 Å². The van der Waals surface area contributed by atoms with E-state index >= 15 is 0 Å². The number of nitro benzene ring substituents is 1. The Hall–Kier alpha value is -14.8. The lowest BCUT2D eigenvalue weighted by Crippen LogP contribution is -2.27. The molecule has 0 heterocycles. The first-order valence-electron chi connectivity index (χ1n) is 38.8. The number of carbonyl (C=O) groups is 9. The summed E-state index contributed by atoms with van der Waals surface area (Å²) in [5, 5.41) is 76.9. The number of aliphatic hydroxyl groups excluding tert-OH is 3. The molecule has 0 amide bonds. The maximum Gasteiger partial charge on any atom is 0.269 e. The van der Waals surface area contributed by atoms with Gasteiger partial charge in [-0.1, -0.05) is 70.5 Å². The van der Waals surface area contributed by atoms with Gasteiger partial charge in [0.05, 0.1) is 89.7 Å². The average Bonchev–Trinajstić information content (AvgIpc) is 1.14. The predicted octanol–water partition coefficient (Wildman–Crippen LogP) is 17.9. The number of hydrogen-bond acceptors (Lipinski definition) is 23. The summed E-state index contributed by atoms with van der Waals surface area (Å²) in [6.07, 6.45) is 11.7. The second kappa shape index (κ2) is 47.3. The van der Waals surface area contributed by atoms with Gasteiger partial charge in [0.2, 0.25) is 11.6 Å². The molecule has 3 unspecified atom stereocenters. The van der Waals surface area contributed by atoms with Crippen molar-refractivity contribution in [1.82, 2.24) is 0 Å². The lowest BCUT2D eigenvalue weighted by Gasteiger charge is -2.21. The van der Waals surface area contributed by atoms with E-state index in [9.17, 15) is 128 Å². The van der Waals surface area contributed by atoms with Gasteiger partial charge in [0, 0.05) is 45.5 Å². The molecular weight excluding hydrogens is 1800 g/mol. The molecule has 35 heteroatoms. The molecule has 0 aromatic heterocycles. The smallest absolute Gasteiger partial charge is 0.269 e. The Bertz CT molecular complexity index is 6130. The summed E-state index contributed by atoms with van der Waals surface area (Å²) >= 11 is 3.10.